The minimum Gasteiger partial charge on any atom is -0.489 e. The van der Waals surface area contributed by atoms with Crippen LogP contribution in [0.3, 0.4) is 0 Å². The number of carbonyl (C=O) groups is 1. The summed E-state index contributed by atoms with van der Waals surface area (Å²) in [5, 5.41) is 0. The minimum absolute atomic E-state index is 0.0937. The smallest absolute Gasteiger partial charge is 0.200 e. The molecule has 0 saturated carbocycles. The van der Waals surface area contributed by atoms with Gasteiger partial charge >= 0.3 is 0 Å². The van der Waals surface area contributed by atoms with Gasteiger partial charge in [-0.05, 0) is 41.5 Å². The molecule has 1 heterocycles. The SMILES string of the molecule is O=C1/C(=C/c2cccc(OCc3ccccc3)c2)Sc2ccccc21. The lowest BCUT2D eigenvalue weighted by Crippen LogP contribution is -1.95. The van der Waals surface area contributed by atoms with Crippen molar-refractivity contribution in [2.45, 2.75) is 11.5 Å². The fourth-order valence-electron chi connectivity index (χ4n) is 2.72. The number of fused-ring (bicyclic) bond motifs is 1. The number of hydrogen-bond donors (Lipinski definition) is 0. The molecule has 0 atom stereocenters. The fraction of sp³-hybridized carbons (Fsp3) is 0.0455. The van der Waals surface area contributed by atoms with E-state index in [1.807, 2.05) is 84.9 Å². The number of hydrogen-bond acceptors (Lipinski definition) is 3. The van der Waals surface area contributed by atoms with E-state index in [0.29, 0.717) is 6.61 Å². The van der Waals surface area contributed by atoms with E-state index in [1.54, 1.807) is 0 Å². The lowest BCUT2D eigenvalue weighted by atomic mass is 10.1. The molecule has 25 heavy (non-hydrogen) atoms. The average Bonchev–Trinajstić information content (AvgIpc) is 2.97. The summed E-state index contributed by atoms with van der Waals surface area (Å²) in [6.45, 7) is 0.528. The second-order valence-electron chi connectivity index (χ2n) is 5.78. The molecule has 4 rings (SSSR count). The molecule has 0 spiro atoms. The Morgan fingerprint density at radius 1 is 0.880 bits per heavy atom. The number of ether oxygens (including phenoxy) is 1. The summed E-state index contributed by atoms with van der Waals surface area (Å²) < 4.78 is 5.86. The Kier molecular flexibility index (Phi) is 4.40. The third-order valence-corrected chi connectivity index (χ3v) is 5.08. The van der Waals surface area contributed by atoms with Crippen molar-refractivity contribution in [3.8, 4) is 5.75 Å². The highest BCUT2D eigenvalue weighted by molar-refractivity contribution is 8.04. The molecule has 0 aromatic heterocycles. The molecule has 0 radical (unpaired) electrons. The second-order valence-corrected chi connectivity index (χ2v) is 6.87. The molecule has 0 unspecified atom stereocenters. The van der Waals surface area contributed by atoms with Crippen LogP contribution in [0.2, 0.25) is 0 Å². The molecule has 0 amide bonds. The first-order chi connectivity index (χ1) is 12.3. The molecule has 0 saturated heterocycles. The van der Waals surface area contributed by atoms with E-state index >= 15 is 0 Å². The van der Waals surface area contributed by atoms with Gasteiger partial charge in [0, 0.05) is 10.5 Å². The standard InChI is InChI=1S/C22H16O2S/c23-22-19-11-4-5-12-20(19)25-21(22)14-17-9-6-10-18(13-17)24-15-16-7-2-1-3-8-16/h1-14H,15H2/b21-14-. The number of allylic oxidation sites excluding steroid dienone is 1. The molecule has 0 aliphatic carbocycles. The van der Waals surface area contributed by atoms with Crippen LogP contribution in [0.1, 0.15) is 21.5 Å². The molecule has 0 N–H and O–H groups in total. The van der Waals surface area contributed by atoms with Crippen molar-refractivity contribution in [2.24, 2.45) is 0 Å². The Bertz CT molecular complexity index is 945. The Labute approximate surface area is 151 Å². The first-order valence-electron chi connectivity index (χ1n) is 8.10. The van der Waals surface area contributed by atoms with Gasteiger partial charge in [0.1, 0.15) is 12.4 Å². The number of benzene rings is 3. The minimum atomic E-state index is 0.0937. The lowest BCUT2D eigenvalue weighted by molar-refractivity contribution is 0.104. The van der Waals surface area contributed by atoms with Gasteiger partial charge in [-0.3, -0.25) is 4.79 Å². The van der Waals surface area contributed by atoms with Crippen molar-refractivity contribution >= 4 is 23.6 Å². The van der Waals surface area contributed by atoms with Crippen LogP contribution in [0.25, 0.3) is 6.08 Å². The number of thioether (sulfide) groups is 1. The fourth-order valence-corrected chi connectivity index (χ4v) is 3.77. The maximum atomic E-state index is 12.5. The van der Waals surface area contributed by atoms with Gasteiger partial charge in [0.15, 0.2) is 0 Å². The number of Topliss-reactive ketones (excluding diaryl/α,β-unsaturated/α-hetero) is 1. The number of carbonyl (C=O) groups excluding carboxylic acids is 1. The summed E-state index contributed by atoms with van der Waals surface area (Å²) in [7, 11) is 0. The van der Waals surface area contributed by atoms with E-state index in [4.69, 9.17) is 4.74 Å². The largest absolute Gasteiger partial charge is 0.489 e. The predicted octanol–water partition coefficient (Wildman–Crippen LogP) is 5.60. The van der Waals surface area contributed by atoms with Crippen molar-refractivity contribution < 1.29 is 9.53 Å². The van der Waals surface area contributed by atoms with Gasteiger partial charge in [0.2, 0.25) is 5.78 Å². The lowest BCUT2D eigenvalue weighted by Gasteiger charge is -2.07. The second kappa shape index (κ2) is 6.99. The molecule has 122 valence electrons. The Morgan fingerprint density at radius 3 is 2.52 bits per heavy atom. The molecule has 0 fully saturated rings. The topological polar surface area (TPSA) is 26.3 Å². The molecule has 3 aromatic rings. The normalized spacial score (nSPS) is 14.6. The molecule has 3 heteroatoms. The van der Waals surface area contributed by atoms with Crippen LogP contribution >= 0.6 is 11.8 Å². The van der Waals surface area contributed by atoms with E-state index in [-0.39, 0.29) is 5.78 Å². The van der Waals surface area contributed by atoms with E-state index < -0.39 is 0 Å². The highest BCUT2D eigenvalue weighted by atomic mass is 32.2. The van der Waals surface area contributed by atoms with Gasteiger partial charge in [-0.1, -0.05) is 66.4 Å². The summed E-state index contributed by atoms with van der Waals surface area (Å²) >= 11 is 1.53. The Balaban J connectivity index is 1.52. The van der Waals surface area contributed by atoms with Crippen LogP contribution in [0.5, 0.6) is 5.75 Å². The maximum absolute atomic E-state index is 12.5. The molecule has 3 aromatic carbocycles. The van der Waals surface area contributed by atoms with Crippen LogP contribution in [-0.2, 0) is 6.61 Å². The van der Waals surface area contributed by atoms with Crippen molar-refractivity contribution in [1.29, 1.82) is 0 Å². The third-order valence-electron chi connectivity index (χ3n) is 3.98. The highest BCUT2D eigenvalue weighted by Crippen LogP contribution is 2.40. The Hall–Kier alpha value is -2.78. The summed E-state index contributed by atoms with van der Waals surface area (Å²) in [4.78, 5) is 14.3. The first-order valence-corrected chi connectivity index (χ1v) is 8.91. The van der Waals surface area contributed by atoms with Gasteiger partial charge in [-0.15, -0.1) is 0 Å². The summed E-state index contributed by atoms with van der Waals surface area (Å²) in [6, 6.07) is 25.6. The van der Waals surface area contributed by atoms with Crippen molar-refractivity contribution in [1.82, 2.24) is 0 Å². The number of ketones is 1. The molecule has 1 aliphatic rings. The molecule has 2 nitrogen and oxygen atoms in total. The number of rotatable bonds is 4. The molecular formula is C22H16O2S. The van der Waals surface area contributed by atoms with E-state index in [1.165, 1.54) is 11.8 Å². The van der Waals surface area contributed by atoms with Crippen LogP contribution in [0.4, 0.5) is 0 Å². The van der Waals surface area contributed by atoms with Crippen LogP contribution in [0.15, 0.2) is 88.7 Å². The van der Waals surface area contributed by atoms with Crippen molar-refractivity contribution in [3.05, 3.63) is 100 Å². The van der Waals surface area contributed by atoms with Gasteiger partial charge in [-0.2, -0.15) is 0 Å². The molecule has 1 aliphatic heterocycles. The monoisotopic (exact) mass is 344 g/mol. The van der Waals surface area contributed by atoms with Crippen molar-refractivity contribution in [3.63, 3.8) is 0 Å². The zero-order valence-corrected chi connectivity index (χ0v) is 14.3. The van der Waals surface area contributed by atoms with Crippen LogP contribution < -0.4 is 4.74 Å². The maximum Gasteiger partial charge on any atom is 0.200 e. The summed E-state index contributed by atoms with van der Waals surface area (Å²) in [6.07, 6.45) is 1.93. The summed E-state index contributed by atoms with van der Waals surface area (Å²) in [5.74, 6) is 0.891. The van der Waals surface area contributed by atoms with Crippen molar-refractivity contribution in [2.75, 3.05) is 0 Å². The zero-order chi connectivity index (χ0) is 17.1. The van der Waals surface area contributed by atoms with E-state index in [2.05, 4.69) is 0 Å². The van der Waals surface area contributed by atoms with Gasteiger partial charge in [-0.25, -0.2) is 0 Å². The van der Waals surface area contributed by atoms with Gasteiger partial charge in [0.05, 0.1) is 4.91 Å². The van der Waals surface area contributed by atoms with Crippen LogP contribution in [0, 0.1) is 0 Å². The third kappa shape index (κ3) is 3.52. The molecular weight excluding hydrogens is 328 g/mol. The van der Waals surface area contributed by atoms with Gasteiger partial charge < -0.3 is 4.74 Å². The molecule has 0 bridgehead atoms. The van der Waals surface area contributed by atoms with Gasteiger partial charge in [0.25, 0.3) is 0 Å². The summed E-state index contributed by atoms with van der Waals surface area (Å²) in [5.41, 5.74) is 2.88. The highest BCUT2D eigenvalue weighted by Gasteiger charge is 2.25. The predicted molar refractivity (Wildman–Crippen MR) is 102 cm³/mol. The quantitative estimate of drug-likeness (QED) is 0.577. The van der Waals surface area contributed by atoms with E-state index in [9.17, 15) is 4.79 Å². The van der Waals surface area contributed by atoms with Crippen LogP contribution in [-0.4, -0.2) is 5.78 Å². The Morgan fingerprint density at radius 2 is 1.68 bits per heavy atom. The van der Waals surface area contributed by atoms with E-state index in [0.717, 1.165) is 32.2 Å². The zero-order valence-electron chi connectivity index (χ0n) is 13.5. The first kappa shape index (κ1) is 15.7. The average molecular weight is 344 g/mol.